The SMILES string of the molecule is CCCc1ccc(S(=O)(=O)c2ccccc2)cc1S(=O)(=O)NC1CCN(C(=O)O)CC1. The number of rotatable bonds is 7. The molecule has 8 nitrogen and oxygen atoms in total. The van der Waals surface area contributed by atoms with E-state index in [1.165, 1.54) is 29.2 Å². The molecular formula is C21H26N2O6S2. The molecule has 2 aromatic carbocycles. The topological polar surface area (TPSA) is 121 Å². The molecule has 2 aromatic rings. The average Bonchev–Trinajstić information content (AvgIpc) is 2.75. The summed E-state index contributed by atoms with van der Waals surface area (Å²) >= 11 is 0. The van der Waals surface area contributed by atoms with Crippen molar-refractivity contribution in [2.45, 2.75) is 53.3 Å². The lowest BCUT2D eigenvalue weighted by Gasteiger charge is -2.30. The molecule has 0 unspecified atom stereocenters. The van der Waals surface area contributed by atoms with E-state index >= 15 is 0 Å². The highest BCUT2D eigenvalue weighted by atomic mass is 32.2. The van der Waals surface area contributed by atoms with Gasteiger partial charge in [0.05, 0.1) is 14.7 Å². The molecule has 168 valence electrons. The van der Waals surface area contributed by atoms with Crippen molar-refractivity contribution in [1.29, 1.82) is 0 Å². The van der Waals surface area contributed by atoms with Crippen molar-refractivity contribution in [3.05, 3.63) is 54.1 Å². The maximum absolute atomic E-state index is 13.2. The van der Waals surface area contributed by atoms with Gasteiger partial charge in [0, 0.05) is 19.1 Å². The Bertz CT molecular complexity index is 1140. The summed E-state index contributed by atoms with van der Waals surface area (Å²) in [6.45, 7) is 2.40. The Balaban J connectivity index is 1.93. The van der Waals surface area contributed by atoms with Gasteiger partial charge < -0.3 is 10.0 Å². The molecule has 1 amide bonds. The molecule has 0 aliphatic carbocycles. The van der Waals surface area contributed by atoms with Crippen molar-refractivity contribution >= 4 is 26.0 Å². The first-order valence-electron chi connectivity index (χ1n) is 10.1. The van der Waals surface area contributed by atoms with Gasteiger partial charge in [-0.2, -0.15) is 0 Å². The molecule has 31 heavy (non-hydrogen) atoms. The lowest BCUT2D eigenvalue weighted by atomic mass is 10.1. The smallest absolute Gasteiger partial charge is 0.407 e. The number of nitrogens with one attached hydrogen (secondary N) is 1. The molecular weight excluding hydrogens is 440 g/mol. The normalized spacial score (nSPS) is 15.7. The number of aryl methyl sites for hydroxylation is 1. The molecule has 0 radical (unpaired) electrons. The number of sulfonamides is 1. The molecule has 0 bridgehead atoms. The molecule has 3 rings (SSSR count). The lowest BCUT2D eigenvalue weighted by Crippen LogP contribution is -2.46. The number of sulfone groups is 1. The van der Waals surface area contributed by atoms with Crippen LogP contribution < -0.4 is 4.72 Å². The first-order valence-corrected chi connectivity index (χ1v) is 13.0. The molecule has 2 N–H and O–H groups in total. The Morgan fingerprint density at radius 3 is 2.26 bits per heavy atom. The number of piperidine rings is 1. The summed E-state index contributed by atoms with van der Waals surface area (Å²) in [5, 5.41) is 9.06. The van der Waals surface area contributed by atoms with Crippen LogP contribution in [0.5, 0.6) is 0 Å². The summed E-state index contributed by atoms with van der Waals surface area (Å²) in [7, 11) is -7.86. The van der Waals surface area contributed by atoms with E-state index in [-0.39, 0.29) is 27.8 Å². The van der Waals surface area contributed by atoms with Crippen molar-refractivity contribution in [1.82, 2.24) is 9.62 Å². The van der Waals surface area contributed by atoms with Gasteiger partial charge >= 0.3 is 6.09 Å². The first-order chi connectivity index (χ1) is 14.6. The van der Waals surface area contributed by atoms with Crippen molar-refractivity contribution in [3.63, 3.8) is 0 Å². The van der Waals surface area contributed by atoms with Crippen molar-refractivity contribution < 1.29 is 26.7 Å². The van der Waals surface area contributed by atoms with E-state index < -0.39 is 32.0 Å². The third kappa shape index (κ3) is 5.25. The summed E-state index contributed by atoms with van der Waals surface area (Å²) < 4.78 is 55.0. The monoisotopic (exact) mass is 466 g/mol. The number of amides is 1. The second-order valence-electron chi connectivity index (χ2n) is 7.50. The number of hydrogen-bond donors (Lipinski definition) is 2. The van der Waals surface area contributed by atoms with Gasteiger partial charge in [-0.05, 0) is 49.1 Å². The first kappa shape index (κ1) is 23.2. The van der Waals surface area contributed by atoms with Crippen LogP contribution in [0.15, 0.2) is 63.2 Å². The zero-order chi connectivity index (χ0) is 22.6. The Kier molecular flexibility index (Phi) is 7.03. The van der Waals surface area contributed by atoms with Crippen LogP contribution in [0.2, 0.25) is 0 Å². The second kappa shape index (κ2) is 9.37. The number of carboxylic acid groups (broad SMARTS) is 1. The van der Waals surface area contributed by atoms with Crippen LogP contribution in [-0.4, -0.2) is 52.1 Å². The summed E-state index contributed by atoms with van der Waals surface area (Å²) in [5.41, 5.74) is 0.546. The van der Waals surface area contributed by atoms with Crippen molar-refractivity contribution in [3.8, 4) is 0 Å². The molecule has 0 saturated carbocycles. The van der Waals surface area contributed by atoms with Crippen LogP contribution in [0.1, 0.15) is 31.7 Å². The number of likely N-dealkylation sites (tertiary alicyclic amines) is 1. The summed E-state index contributed by atoms with van der Waals surface area (Å²) in [6, 6.07) is 11.7. The van der Waals surface area contributed by atoms with E-state index in [1.807, 2.05) is 6.92 Å². The van der Waals surface area contributed by atoms with Gasteiger partial charge in [0.2, 0.25) is 19.9 Å². The maximum atomic E-state index is 13.2. The zero-order valence-corrected chi connectivity index (χ0v) is 18.8. The number of benzene rings is 2. The molecule has 1 aliphatic rings. The summed E-state index contributed by atoms with van der Waals surface area (Å²) in [5.74, 6) is 0. The van der Waals surface area contributed by atoms with Gasteiger partial charge in [-0.15, -0.1) is 0 Å². The Labute approximate surface area is 182 Å². The van der Waals surface area contributed by atoms with E-state index in [2.05, 4.69) is 4.72 Å². The summed E-state index contributed by atoms with van der Waals surface area (Å²) in [4.78, 5) is 12.3. The summed E-state index contributed by atoms with van der Waals surface area (Å²) in [6.07, 6.45) is 0.877. The lowest BCUT2D eigenvalue weighted by molar-refractivity contribution is 0.131. The molecule has 10 heteroatoms. The molecule has 0 aromatic heterocycles. The van der Waals surface area contributed by atoms with Crippen LogP contribution in [0.25, 0.3) is 0 Å². The van der Waals surface area contributed by atoms with Gasteiger partial charge in [0.15, 0.2) is 0 Å². The minimum atomic E-state index is -4.00. The minimum Gasteiger partial charge on any atom is -0.465 e. The van der Waals surface area contributed by atoms with E-state index in [0.29, 0.717) is 31.2 Å². The fourth-order valence-corrected chi connectivity index (χ4v) is 6.62. The fourth-order valence-electron chi connectivity index (χ4n) is 3.64. The molecule has 1 saturated heterocycles. The number of hydrogen-bond acceptors (Lipinski definition) is 5. The Hall–Kier alpha value is -2.43. The van der Waals surface area contributed by atoms with Gasteiger partial charge in [-0.3, -0.25) is 0 Å². The van der Waals surface area contributed by atoms with E-state index in [1.54, 1.807) is 24.3 Å². The Morgan fingerprint density at radius 1 is 1.03 bits per heavy atom. The van der Waals surface area contributed by atoms with E-state index in [4.69, 9.17) is 5.11 Å². The van der Waals surface area contributed by atoms with Crippen molar-refractivity contribution in [2.75, 3.05) is 13.1 Å². The van der Waals surface area contributed by atoms with Crippen LogP contribution in [0.4, 0.5) is 4.79 Å². The molecule has 0 spiro atoms. The molecule has 0 atom stereocenters. The molecule has 1 heterocycles. The van der Waals surface area contributed by atoms with E-state index in [9.17, 15) is 21.6 Å². The zero-order valence-electron chi connectivity index (χ0n) is 17.2. The third-order valence-electron chi connectivity index (χ3n) is 5.30. The molecule has 1 aliphatic heterocycles. The van der Waals surface area contributed by atoms with Crippen molar-refractivity contribution in [2.24, 2.45) is 0 Å². The standard InChI is InChI=1S/C21H26N2O6S2/c1-2-6-16-9-10-19(30(26,27)18-7-4-3-5-8-18)15-20(16)31(28,29)22-17-11-13-23(14-12-17)21(24)25/h3-5,7-10,15,17,22H,2,6,11-14H2,1H3,(H,24,25). The maximum Gasteiger partial charge on any atom is 0.407 e. The fraction of sp³-hybridized carbons (Fsp3) is 0.381. The van der Waals surface area contributed by atoms with E-state index in [0.717, 1.165) is 0 Å². The predicted octanol–water partition coefficient (Wildman–Crippen LogP) is 2.89. The molecule has 1 fully saturated rings. The Morgan fingerprint density at radius 2 is 1.68 bits per heavy atom. The highest BCUT2D eigenvalue weighted by molar-refractivity contribution is 7.91. The van der Waals surface area contributed by atoms with Crippen LogP contribution in [0, 0.1) is 0 Å². The largest absolute Gasteiger partial charge is 0.465 e. The minimum absolute atomic E-state index is 0.0491. The highest BCUT2D eigenvalue weighted by Crippen LogP contribution is 2.27. The van der Waals surface area contributed by atoms with Gasteiger partial charge in [-0.1, -0.05) is 37.6 Å². The average molecular weight is 467 g/mol. The predicted molar refractivity (Wildman–Crippen MR) is 115 cm³/mol. The number of nitrogens with zero attached hydrogens (tertiary/aromatic N) is 1. The van der Waals surface area contributed by atoms with Gasteiger partial charge in [-0.25, -0.2) is 26.4 Å². The third-order valence-corrected chi connectivity index (χ3v) is 8.67. The van der Waals surface area contributed by atoms with Crippen LogP contribution >= 0.6 is 0 Å². The van der Waals surface area contributed by atoms with Gasteiger partial charge in [0.1, 0.15) is 0 Å². The van der Waals surface area contributed by atoms with Crippen LogP contribution in [-0.2, 0) is 26.3 Å². The van der Waals surface area contributed by atoms with Crippen LogP contribution in [0.3, 0.4) is 0 Å². The quantitative estimate of drug-likeness (QED) is 0.647. The van der Waals surface area contributed by atoms with Gasteiger partial charge in [0.25, 0.3) is 0 Å². The highest BCUT2D eigenvalue weighted by Gasteiger charge is 2.29. The number of carbonyl (C=O) groups is 1. The second-order valence-corrected chi connectivity index (χ2v) is 11.1.